The van der Waals surface area contributed by atoms with Crippen LogP contribution in [0.4, 0.5) is 0 Å². The van der Waals surface area contributed by atoms with Crippen LogP contribution in [0.1, 0.15) is 16.1 Å². The van der Waals surface area contributed by atoms with Crippen molar-refractivity contribution in [1.29, 1.82) is 0 Å². The van der Waals surface area contributed by atoms with Crippen molar-refractivity contribution in [3.8, 4) is 11.4 Å². The fourth-order valence-electron chi connectivity index (χ4n) is 2.04. The Labute approximate surface area is 127 Å². The first-order valence-corrected chi connectivity index (χ1v) is 6.76. The Morgan fingerprint density at radius 3 is 2.82 bits per heavy atom. The lowest BCUT2D eigenvalue weighted by Crippen LogP contribution is -2.23. The van der Waals surface area contributed by atoms with E-state index in [0.717, 1.165) is 11.3 Å². The molecule has 0 aliphatic carbocycles. The normalized spacial score (nSPS) is 10.4. The number of carbonyl (C=O) groups excluding carboxylic acids is 1. The predicted octanol–water partition coefficient (Wildman–Crippen LogP) is 2.40. The quantitative estimate of drug-likeness (QED) is 0.785. The summed E-state index contributed by atoms with van der Waals surface area (Å²) >= 11 is 0. The monoisotopic (exact) mass is 297 g/mol. The summed E-state index contributed by atoms with van der Waals surface area (Å²) in [6.07, 6.45) is 4.83. The second-order valence-corrected chi connectivity index (χ2v) is 4.64. The molecule has 0 aliphatic rings. The van der Waals surface area contributed by atoms with E-state index in [1.807, 2.05) is 30.3 Å². The predicted molar refractivity (Wildman–Crippen MR) is 80.0 cm³/mol. The molecule has 3 aromatic rings. The highest BCUT2D eigenvalue weighted by atomic mass is 16.5. The summed E-state index contributed by atoms with van der Waals surface area (Å²) in [7, 11) is 1.51. The summed E-state index contributed by atoms with van der Waals surface area (Å²) in [5, 5.41) is 7.09. The Balaban J connectivity index is 1.80. The molecule has 0 saturated carbocycles. The molecule has 0 bridgehead atoms. The number of ether oxygens (including phenoxy) is 1. The maximum atomic E-state index is 12.3. The maximum absolute atomic E-state index is 12.3. The molecule has 1 N–H and O–H groups in total. The fourth-order valence-corrected chi connectivity index (χ4v) is 2.04. The third-order valence-corrected chi connectivity index (χ3v) is 3.17. The van der Waals surface area contributed by atoms with Gasteiger partial charge in [-0.1, -0.05) is 18.2 Å². The van der Waals surface area contributed by atoms with Crippen LogP contribution in [0.3, 0.4) is 0 Å². The number of para-hydroxylation sites is 1. The summed E-state index contributed by atoms with van der Waals surface area (Å²) < 4.78 is 11.8. The van der Waals surface area contributed by atoms with Crippen LogP contribution in [0, 0.1) is 0 Å². The molecule has 6 nitrogen and oxygen atoms in total. The van der Waals surface area contributed by atoms with Gasteiger partial charge >= 0.3 is 0 Å². The Morgan fingerprint density at radius 1 is 1.32 bits per heavy atom. The van der Waals surface area contributed by atoms with E-state index in [4.69, 9.17) is 9.15 Å². The van der Waals surface area contributed by atoms with Crippen molar-refractivity contribution < 1.29 is 13.9 Å². The van der Waals surface area contributed by atoms with Crippen molar-refractivity contribution in [3.05, 3.63) is 66.4 Å². The molecule has 0 aliphatic heterocycles. The zero-order chi connectivity index (χ0) is 15.4. The summed E-state index contributed by atoms with van der Waals surface area (Å²) in [6.45, 7) is 0.372. The van der Waals surface area contributed by atoms with Crippen LogP contribution in [-0.4, -0.2) is 22.8 Å². The Morgan fingerprint density at radius 2 is 2.14 bits per heavy atom. The smallest absolute Gasteiger partial charge is 0.275 e. The number of nitrogens with zero attached hydrogens (tertiary/aromatic N) is 2. The summed E-state index contributed by atoms with van der Waals surface area (Å²) in [6, 6.07) is 11.3. The highest BCUT2D eigenvalue weighted by molar-refractivity contribution is 5.94. The van der Waals surface area contributed by atoms with E-state index in [1.165, 1.54) is 7.11 Å². The number of hydrogen-bond acceptors (Lipinski definition) is 4. The van der Waals surface area contributed by atoms with Crippen LogP contribution in [0.2, 0.25) is 0 Å². The number of aromatic nitrogens is 2. The van der Waals surface area contributed by atoms with Gasteiger partial charge in [-0.05, 0) is 18.2 Å². The van der Waals surface area contributed by atoms with E-state index in [2.05, 4.69) is 10.4 Å². The van der Waals surface area contributed by atoms with Crippen LogP contribution in [0.25, 0.3) is 5.69 Å². The molecular formula is C16H15N3O3. The highest BCUT2D eigenvalue weighted by Crippen LogP contribution is 2.19. The van der Waals surface area contributed by atoms with Gasteiger partial charge in [0.2, 0.25) is 0 Å². The molecule has 2 heterocycles. The number of methoxy groups -OCH3 is 1. The Hall–Kier alpha value is -3.02. The van der Waals surface area contributed by atoms with Crippen LogP contribution < -0.4 is 10.1 Å². The highest BCUT2D eigenvalue weighted by Gasteiger charge is 2.18. The molecule has 0 fully saturated rings. The summed E-state index contributed by atoms with van der Waals surface area (Å²) in [4.78, 5) is 12.3. The Bertz CT molecular complexity index is 748. The molecule has 0 spiro atoms. The second kappa shape index (κ2) is 6.17. The van der Waals surface area contributed by atoms with E-state index in [9.17, 15) is 4.79 Å². The zero-order valence-electron chi connectivity index (χ0n) is 12.0. The largest absolute Gasteiger partial charge is 0.493 e. The molecule has 2 aromatic heterocycles. The lowest BCUT2D eigenvalue weighted by Gasteiger charge is -2.02. The third kappa shape index (κ3) is 2.85. The summed E-state index contributed by atoms with van der Waals surface area (Å²) in [5.41, 5.74) is 1.99. The standard InChI is InChI=1S/C16H15N3O3/c1-21-14-10-19(13-5-3-2-4-6-13)18-15(14)16(20)17-9-12-7-8-22-11-12/h2-8,10-11H,9H2,1H3,(H,17,20). The zero-order valence-corrected chi connectivity index (χ0v) is 12.0. The molecule has 0 saturated heterocycles. The van der Waals surface area contributed by atoms with Gasteiger partial charge in [0.15, 0.2) is 11.4 Å². The van der Waals surface area contributed by atoms with Crippen LogP contribution in [0.5, 0.6) is 5.75 Å². The molecule has 0 radical (unpaired) electrons. The molecule has 0 atom stereocenters. The van der Waals surface area contributed by atoms with Gasteiger partial charge in [0.25, 0.3) is 5.91 Å². The minimum absolute atomic E-state index is 0.245. The van der Waals surface area contributed by atoms with Crippen molar-refractivity contribution in [3.63, 3.8) is 0 Å². The van der Waals surface area contributed by atoms with Gasteiger partial charge in [-0.3, -0.25) is 4.79 Å². The maximum Gasteiger partial charge on any atom is 0.275 e. The van der Waals surface area contributed by atoms with Gasteiger partial charge in [-0.25, -0.2) is 4.68 Å². The number of rotatable bonds is 5. The molecule has 1 aromatic carbocycles. The molecule has 112 valence electrons. The minimum atomic E-state index is -0.298. The lowest BCUT2D eigenvalue weighted by molar-refractivity contribution is 0.0942. The average Bonchev–Trinajstić information content (AvgIpc) is 3.22. The molecule has 6 heteroatoms. The first-order chi connectivity index (χ1) is 10.8. The number of carbonyl (C=O) groups is 1. The molecular weight excluding hydrogens is 282 g/mol. The van der Waals surface area contributed by atoms with Gasteiger partial charge in [-0.2, -0.15) is 5.10 Å². The third-order valence-electron chi connectivity index (χ3n) is 3.17. The van der Waals surface area contributed by atoms with E-state index < -0.39 is 0 Å². The minimum Gasteiger partial charge on any atom is -0.493 e. The van der Waals surface area contributed by atoms with E-state index in [-0.39, 0.29) is 11.6 Å². The van der Waals surface area contributed by atoms with Gasteiger partial charge in [0.05, 0.1) is 31.5 Å². The number of furan rings is 1. The topological polar surface area (TPSA) is 69.3 Å². The van der Waals surface area contributed by atoms with E-state index in [1.54, 1.807) is 29.5 Å². The second-order valence-electron chi connectivity index (χ2n) is 4.64. The SMILES string of the molecule is COc1cn(-c2ccccc2)nc1C(=O)NCc1ccoc1. The van der Waals surface area contributed by atoms with Gasteiger partial charge in [-0.15, -0.1) is 0 Å². The first-order valence-electron chi connectivity index (χ1n) is 6.76. The molecule has 1 amide bonds. The molecule has 0 unspecified atom stereocenters. The average molecular weight is 297 g/mol. The number of nitrogens with one attached hydrogen (secondary N) is 1. The van der Waals surface area contributed by atoms with Crippen LogP contribution >= 0.6 is 0 Å². The van der Waals surface area contributed by atoms with Crippen molar-refractivity contribution in [2.45, 2.75) is 6.54 Å². The first kappa shape index (κ1) is 13.9. The fraction of sp³-hybridized carbons (Fsp3) is 0.125. The van der Waals surface area contributed by atoms with E-state index >= 15 is 0 Å². The molecule has 22 heavy (non-hydrogen) atoms. The molecule has 3 rings (SSSR count). The van der Waals surface area contributed by atoms with Crippen molar-refractivity contribution in [1.82, 2.24) is 15.1 Å². The summed E-state index contributed by atoms with van der Waals surface area (Å²) in [5.74, 6) is 0.126. The number of hydrogen-bond donors (Lipinski definition) is 1. The van der Waals surface area contributed by atoms with Gasteiger partial charge < -0.3 is 14.5 Å². The number of amides is 1. The number of benzene rings is 1. The van der Waals surface area contributed by atoms with Crippen molar-refractivity contribution in [2.24, 2.45) is 0 Å². The Kier molecular flexibility index (Phi) is 3.91. The van der Waals surface area contributed by atoms with Gasteiger partial charge in [0.1, 0.15) is 0 Å². The van der Waals surface area contributed by atoms with Crippen LogP contribution in [0.15, 0.2) is 59.5 Å². The van der Waals surface area contributed by atoms with E-state index in [0.29, 0.717) is 12.3 Å². The van der Waals surface area contributed by atoms with Crippen molar-refractivity contribution >= 4 is 5.91 Å². The van der Waals surface area contributed by atoms with Crippen LogP contribution in [-0.2, 0) is 6.54 Å². The van der Waals surface area contributed by atoms with Gasteiger partial charge in [0, 0.05) is 12.1 Å². The van der Waals surface area contributed by atoms with Crippen molar-refractivity contribution in [2.75, 3.05) is 7.11 Å². The lowest BCUT2D eigenvalue weighted by atomic mass is 10.3.